The van der Waals surface area contributed by atoms with Crippen LogP contribution < -0.4 is 11.1 Å². The molecule has 1 aliphatic rings. The topological polar surface area (TPSA) is 88.2 Å². The number of benzene rings is 2. The molecule has 5 nitrogen and oxygen atoms in total. The quantitative estimate of drug-likeness (QED) is 0.620. The number of hydrogen-bond acceptors (Lipinski definition) is 3. The Morgan fingerprint density at radius 2 is 1.79 bits per heavy atom. The second-order valence-corrected chi connectivity index (χ2v) is 7.13. The molecule has 1 fully saturated rings. The van der Waals surface area contributed by atoms with Gasteiger partial charge >= 0.3 is 6.09 Å². The molecule has 1 aliphatic carbocycles. The lowest BCUT2D eigenvalue weighted by atomic mass is 9.70. The Bertz CT molecular complexity index is 1000. The third-order valence-corrected chi connectivity index (χ3v) is 5.19. The van der Waals surface area contributed by atoms with Crippen LogP contribution in [0, 0.1) is 0 Å². The summed E-state index contributed by atoms with van der Waals surface area (Å²) in [6.45, 7) is 0. The number of halogens is 1. The number of pyridine rings is 1. The maximum Gasteiger partial charge on any atom is 0.405 e. The Morgan fingerprint density at radius 3 is 2.39 bits per heavy atom. The standard InChI is InChI=1S/C22H20FN3O2/c23-17-11-22(12-17,26-21(27)28)16-8-6-15(7-9-16)20-19(10-18(24)13-25-20)14-4-2-1-3-5-14/h1-10,13,17,26H,11-12,24H2,(H,27,28)/t17-,22-. The van der Waals surface area contributed by atoms with E-state index in [9.17, 15) is 9.18 Å². The number of amides is 1. The first-order valence-corrected chi connectivity index (χ1v) is 9.04. The van der Waals surface area contributed by atoms with E-state index in [-0.39, 0.29) is 12.8 Å². The van der Waals surface area contributed by atoms with Crippen LogP contribution in [0.3, 0.4) is 0 Å². The molecule has 2 aromatic carbocycles. The van der Waals surface area contributed by atoms with Crippen molar-refractivity contribution in [3.63, 3.8) is 0 Å². The Morgan fingerprint density at radius 1 is 1.11 bits per heavy atom. The minimum atomic E-state index is -1.15. The summed E-state index contributed by atoms with van der Waals surface area (Å²) < 4.78 is 13.5. The lowest BCUT2D eigenvalue weighted by molar-refractivity contribution is 0.0640. The van der Waals surface area contributed by atoms with Gasteiger partial charge in [0.05, 0.1) is 23.1 Å². The Balaban J connectivity index is 1.71. The lowest BCUT2D eigenvalue weighted by Gasteiger charge is -2.44. The molecule has 3 aromatic rings. The van der Waals surface area contributed by atoms with Crippen molar-refractivity contribution in [2.75, 3.05) is 5.73 Å². The lowest BCUT2D eigenvalue weighted by Crippen LogP contribution is -2.55. The fraction of sp³-hybridized carbons (Fsp3) is 0.182. The van der Waals surface area contributed by atoms with Gasteiger partial charge in [0.2, 0.25) is 0 Å². The van der Waals surface area contributed by atoms with E-state index in [0.29, 0.717) is 5.69 Å². The van der Waals surface area contributed by atoms with E-state index in [0.717, 1.165) is 27.9 Å². The van der Waals surface area contributed by atoms with Gasteiger partial charge in [0.1, 0.15) is 6.17 Å². The van der Waals surface area contributed by atoms with Crippen molar-refractivity contribution < 1.29 is 14.3 Å². The van der Waals surface area contributed by atoms with Gasteiger partial charge < -0.3 is 16.2 Å². The molecule has 0 aliphatic heterocycles. The third-order valence-electron chi connectivity index (χ3n) is 5.19. The van der Waals surface area contributed by atoms with Crippen LogP contribution in [0.15, 0.2) is 66.9 Å². The maximum absolute atomic E-state index is 13.5. The normalized spacial score (nSPS) is 21.0. The van der Waals surface area contributed by atoms with Crippen LogP contribution in [0.1, 0.15) is 18.4 Å². The number of aromatic nitrogens is 1. The summed E-state index contributed by atoms with van der Waals surface area (Å²) in [4.78, 5) is 15.7. The average molecular weight is 377 g/mol. The number of carboxylic acid groups (broad SMARTS) is 1. The molecule has 0 spiro atoms. The van der Waals surface area contributed by atoms with Crippen molar-refractivity contribution in [2.45, 2.75) is 24.6 Å². The predicted octanol–water partition coefficient (Wildman–Crippen LogP) is 4.59. The first kappa shape index (κ1) is 18.0. The summed E-state index contributed by atoms with van der Waals surface area (Å²) in [5, 5.41) is 11.6. The number of hydrogen-bond donors (Lipinski definition) is 3. The number of nitrogens with one attached hydrogen (secondary N) is 1. The van der Waals surface area contributed by atoms with Crippen LogP contribution in [-0.2, 0) is 5.54 Å². The molecule has 4 N–H and O–H groups in total. The van der Waals surface area contributed by atoms with Crippen LogP contribution in [0.5, 0.6) is 0 Å². The van der Waals surface area contributed by atoms with Crippen molar-refractivity contribution in [3.8, 4) is 22.4 Å². The van der Waals surface area contributed by atoms with Gasteiger partial charge in [-0.3, -0.25) is 4.98 Å². The summed E-state index contributed by atoms with van der Waals surface area (Å²) in [6.07, 6.45) is -0.234. The van der Waals surface area contributed by atoms with Crippen LogP contribution in [-0.4, -0.2) is 22.4 Å². The maximum atomic E-state index is 13.5. The molecule has 0 saturated heterocycles. The highest BCUT2D eigenvalue weighted by Crippen LogP contribution is 2.44. The minimum Gasteiger partial charge on any atom is -0.465 e. The highest BCUT2D eigenvalue weighted by atomic mass is 19.1. The molecule has 0 atom stereocenters. The number of carbonyl (C=O) groups is 1. The monoisotopic (exact) mass is 377 g/mol. The van der Waals surface area contributed by atoms with E-state index in [4.69, 9.17) is 10.8 Å². The molecule has 0 radical (unpaired) electrons. The molecular weight excluding hydrogens is 357 g/mol. The van der Waals surface area contributed by atoms with Crippen molar-refractivity contribution in [1.29, 1.82) is 0 Å². The van der Waals surface area contributed by atoms with Crippen molar-refractivity contribution in [1.82, 2.24) is 10.3 Å². The van der Waals surface area contributed by atoms with E-state index in [2.05, 4.69) is 10.3 Å². The Labute approximate surface area is 162 Å². The minimum absolute atomic E-state index is 0.147. The van der Waals surface area contributed by atoms with E-state index in [1.54, 1.807) is 6.20 Å². The first-order valence-electron chi connectivity index (χ1n) is 9.04. The predicted molar refractivity (Wildman–Crippen MR) is 106 cm³/mol. The van der Waals surface area contributed by atoms with Crippen molar-refractivity contribution in [3.05, 3.63) is 72.4 Å². The van der Waals surface area contributed by atoms with Crippen LogP contribution in [0.2, 0.25) is 0 Å². The highest BCUT2D eigenvalue weighted by Gasteiger charge is 2.47. The fourth-order valence-electron chi connectivity index (χ4n) is 3.81. The molecule has 1 heterocycles. The van der Waals surface area contributed by atoms with Gasteiger partial charge in [-0.25, -0.2) is 9.18 Å². The summed E-state index contributed by atoms with van der Waals surface area (Å²) in [5.41, 5.74) is 10.00. The average Bonchev–Trinajstić information content (AvgIpc) is 2.67. The zero-order valence-electron chi connectivity index (χ0n) is 15.1. The second-order valence-electron chi connectivity index (χ2n) is 7.13. The number of nitrogen functional groups attached to an aromatic ring is 1. The summed E-state index contributed by atoms with van der Waals surface area (Å²) >= 11 is 0. The Hall–Kier alpha value is -3.41. The van der Waals surface area contributed by atoms with E-state index < -0.39 is 17.8 Å². The molecule has 1 aromatic heterocycles. The van der Waals surface area contributed by atoms with Gasteiger partial charge in [-0.05, 0) is 17.2 Å². The molecule has 0 unspecified atom stereocenters. The van der Waals surface area contributed by atoms with Crippen molar-refractivity contribution in [2.24, 2.45) is 0 Å². The molecular formula is C22H20FN3O2. The largest absolute Gasteiger partial charge is 0.465 e. The van der Waals surface area contributed by atoms with Crippen LogP contribution in [0.4, 0.5) is 14.9 Å². The number of alkyl halides is 1. The van der Waals surface area contributed by atoms with Crippen LogP contribution >= 0.6 is 0 Å². The van der Waals surface area contributed by atoms with Gasteiger partial charge in [-0.1, -0.05) is 54.6 Å². The molecule has 1 amide bonds. The van der Waals surface area contributed by atoms with Crippen LogP contribution in [0.25, 0.3) is 22.4 Å². The summed E-state index contributed by atoms with van der Waals surface area (Å²) in [7, 11) is 0. The zero-order valence-corrected chi connectivity index (χ0v) is 15.1. The van der Waals surface area contributed by atoms with Gasteiger partial charge in [0.25, 0.3) is 0 Å². The second kappa shape index (κ2) is 6.96. The van der Waals surface area contributed by atoms with Gasteiger partial charge in [0.15, 0.2) is 0 Å². The SMILES string of the molecule is Nc1cnc(-c2ccc([C@]3(NC(=O)O)C[C@H](F)C3)cc2)c(-c2ccccc2)c1. The third kappa shape index (κ3) is 3.29. The smallest absolute Gasteiger partial charge is 0.405 e. The van der Waals surface area contributed by atoms with E-state index in [1.165, 1.54) is 0 Å². The van der Waals surface area contributed by atoms with E-state index >= 15 is 0 Å². The number of rotatable bonds is 4. The van der Waals surface area contributed by atoms with Crippen molar-refractivity contribution >= 4 is 11.8 Å². The number of anilines is 1. The highest BCUT2D eigenvalue weighted by molar-refractivity contribution is 5.82. The first-order chi connectivity index (χ1) is 13.5. The molecule has 4 rings (SSSR count). The van der Waals surface area contributed by atoms with Gasteiger partial charge in [-0.2, -0.15) is 0 Å². The zero-order chi connectivity index (χ0) is 19.7. The van der Waals surface area contributed by atoms with Gasteiger partial charge in [0, 0.05) is 24.0 Å². The number of nitrogens with zero attached hydrogens (tertiary/aromatic N) is 1. The molecule has 0 bridgehead atoms. The molecule has 1 saturated carbocycles. The Kier molecular flexibility index (Phi) is 4.47. The summed E-state index contributed by atoms with van der Waals surface area (Å²) in [6, 6.07) is 19.2. The molecule has 142 valence electrons. The number of nitrogens with two attached hydrogens (primary N) is 1. The summed E-state index contributed by atoms with van der Waals surface area (Å²) in [5.74, 6) is 0. The van der Waals surface area contributed by atoms with E-state index in [1.807, 2.05) is 60.7 Å². The fourth-order valence-corrected chi connectivity index (χ4v) is 3.81. The molecule has 28 heavy (non-hydrogen) atoms. The molecule has 6 heteroatoms. The van der Waals surface area contributed by atoms with Gasteiger partial charge in [-0.15, -0.1) is 0 Å².